The molecule has 1 aromatic carbocycles. The first-order valence-electron chi connectivity index (χ1n) is 7.25. The van der Waals surface area contributed by atoms with Gasteiger partial charge in [0.05, 0.1) is 13.2 Å². The van der Waals surface area contributed by atoms with Gasteiger partial charge in [0.15, 0.2) is 0 Å². The van der Waals surface area contributed by atoms with Crippen LogP contribution in [0.4, 0.5) is 4.79 Å². The van der Waals surface area contributed by atoms with Gasteiger partial charge in [-0.15, -0.1) is 0 Å². The largest absolute Gasteiger partial charge is 0.493 e. The zero-order chi connectivity index (χ0) is 14.5. The Bertz CT molecular complexity index is 444. The van der Waals surface area contributed by atoms with Crippen molar-refractivity contribution >= 4 is 6.09 Å². The standard InChI is InChI=1S/C16H23NO3/c1-4-12(2)11-19-15-7-5-14(6-8-15)10-17-9-13(3)20-16(17)18/h5-8,12-13H,4,9-11H2,1-3H3/t12-,13?/m0/s1. The van der Waals surface area contributed by atoms with Crippen LogP contribution in [0.3, 0.4) is 0 Å². The van der Waals surface area contributed by atoms with Crippen LogP contribution in [0, 0.1) is 5.92 Å². The predicted octanol–water partition coefficient (Wildman–Crippen LogP) is 3.45. The normalized spacial score (nSPS) is 19.9. The summed E-state index contributed by atoms with van der Waals surface area (Å²) in [7, 11) is 0. The topological polar surface area (TPSA) is 38.8 Å². The molecule has 110 valence electrons. The van der Waals surface area contributed by atoms with Crippen LogP contribution in [-0.4, -0.2) is 30.2 Å². The lowest BCUT2D eigenvalue weighted by atomic mass is 10.1. The number of carbonyl (C=O) groups excluding carboxylic acids is 1. The maximum absolute atomic E-state index is 11.5. The highest BCUT2D eigenvalue weighted by atomic mass is 16.6. The number of hydrogen-bond donors (Lipinski definition) is 0. The molecule has 1 saturated heterocycles. The fraction of sp³-hybridized carbons (Fsp3) is 0.562. The Morgan fingerprint density at radius 3 is 2.65 bits per heavy atom. The Morgan fingerprint density at radius 1 is 1.40 bits per heavy atom. The first-order chi connectivity index (χ1) is 9.58. The van der Waals surface area contributed by atoms with Gasteiger partial charge in [-0.2, -0.15) is 0 Å². The number of ether oxygens (including phenoxy) is 2. The quantitative estimate of drug-likeness (QED) is 0.799. The Hall–Kier alpha value is -1.71. The number of carbonyl (C=O) groups is 1. The monoisotopic (exact) mass is 277 g/mol. The van der Waals surface area contributed by atoms with E-state index in [9.17, 15) is 4.79 Å². The van der Waals surface area contributed by atoms with Crippen LogP contribution in [0.15, 0.2) is 24.3 Å². The van der Waals surface area contributed by atoms with Crippen molar-refractivity contribution in [3.8, 4) is 5.75 Å². The summed E-state index contributed by atoms with van der Waals surface area (Å²) in [4.78, 5) is 13.3. The highest BCUT2D eigenvalue weighted by molar-refractivity contribution is 5.69. The first-order valence-corrected chi connectivity index (χ1v) is 7.25. The van der Waals surface area contributed by atoms with Gasteiger partial charge in [-0.25, -0.2) is 4.79 Å². The van der Waals surface area contributed by atoms with Gasteiger partial charge in [0.25, 0.3) is 0 Å². The zero-order valence-corrected chi connectivity index (χ0v) is 12.5. The lowest BCUT2D eigenvalue weighted by molar-refractivity contribution is 0.137. The van der Waals surface area contributed by atoms with E-state index in [1.807, 2.05) is 31.2 Å². The molecule has 1 unspecified atom stereocenters. The molecule has 0 N–H and O–H groups in total. The minimum atomic E-state index is -0.227. The van der Waals surface area contributed by atoms with Crippen LogP contribution >= 0.6 is 0 Å². The fourth-order valence-electron chi connectivity index (χ4n) is 2.07. The second kappa shape index (κ2) is 6.64. The van der Waals surface area contributed by atoms with Gasteiger partial charge >= 0.3 is 6.09 Å². The van der Waals surface area contributed by atoms with Crippen molar-refractivity contribution < 1.29 is 14.3 Å². The number of rotatable bonds is 6. The number of amides is 1. The van der Waals surface area contributed by atoms with E-state index in [0.29, 0.717) is 19.0 Å². The van der Waals surface area contributed by atoms with E-state index in [4.69, 9.17) is 9.47 Å². The molecule has 20 heavy (non-hydrogen) atoms. The summed E-state index contributed by atoms with van der Waals surface area (Å²) < 4.78 is 10.8. The Balaban J connectivity index is 1.87. The molecule has 4 heteroatoms. The summed E-state index contributed by atoms with van der Waals surface area (Å²) in [6.07, 6.45) is 0.878. The fourth-order valence-corrected chi connectivity index (χ4v) is 2.07. The van der Waals surface area contributed by atoms with E-state index in [-0.39, 0.29) is 12.2 Å². The van der Waals surface area contributed by atoms with Gasteiger partial charge in [-0.1, -0.05) is 32.4 Å². The second-order valence-corrected chi connectivity index (χ2v) is 5.54. The van der Waals surface area contributed by atoms with E-state index >= 15 is 0 Å². The molecule has 0 aliphatic carbocycles. The summed E-state index contributed by atoms with van der Waals surface area (Å²) in [5.74, 6) is 1.45. The van der Waals surface area contributed by atoms with E-state index in [0.717, 1.165) is 24.3 Å². The first kappa shape index (κ1) is 14.7. The van der Waals surface area contributed by atoms with E-state index in [2.05, 4.69) is 13.8 Å². The highest BCUT2D eigenvalue weighted by Crippen LogP contribution is 2.18. The maximum Gasteiger partial charge on any atom is 0.410 e. The SMILES string of the molecule is CC[C@H](C)COc1ccc(CN2CC(C)OC2=O)cc1. The number of hydrogen-bond acceptors (Lipinski definition) is 3. The number of cyclic esters (lactones) is 1. The molecular weight excluding hydrogens is 254 g/mol. The van der Waals surface area contributed by atoms with Gasteiger partial charge in [-0.05, 0) is 30.5 Å². The average Bonchev–Trinajstić information content (AvgIpc) is 2.75. The molecule has 2 rings (SSSR count). The molecule has 1 aliphatic heterocycles. The van der Waals surface area contributed by atoms with Crippen LogP contribution < -0.4 is 4.74 Å². The van der Waals surface area contributed by atoms with Gasteiger partial charge in [0.1, 0.15) is 11.9 Å². The van der Waals surface area contributed by atoms with Crippen LogP contribution in [0.5, 0.6) is 5.75 Å². The molecule has 0 bridgehead atoms. The second-order valence-electron chi connectivity index (χ2n) is 5.54. The van der Waals surface area contributed by atoms with Crippen molar-refractivity contribution in [2.45, 2.75) is 39.8 Å². The third kappa shape index (κ3) is 3.89. The van der Waals surface area contributed by atoms with Gasteiger partial charge in [0, 0.05) is 6.54 Å². The van der Waals surface area contributed by atoms with Crippen molar-refractivity contribution in [1.82, 2.24) is 4.90 Å². The van der Waals surface area contributed by atoms with Crippen LogP contribution in [-0.2, 0) is 11.3 Å². The summed E-state index contributed by atoms with van der Waals surface area (Å²) in [6, 6.07) is 7.93. The molecule has 0 spiro atoms. The minimum Gasteiger partial charge on any atom is -0.493 e. The van der Waals surface area contributed by atoms with Crippen molar-refractivity contribution in [1.29, 1.82) is 0 Å². The number of nitrogens with zero attached hydrogens (tertiary/aromatic N) is 1. The summed E-state index contributed by atoms with van der Waals surface area (Å²) in [6.45, 7) is 8.23. The zero-order valence-electron chi connectivity index (χ0n) is 12.5. The molecule has 1 heterocycles. The van der Waals surface area contributed by atoms with Crippen molar-refractivity contribution in [2.75, 3.05) is 13.2 Å². The number of benzene rings is 1. The third-order valence-corrected chi connectivity index (χ3v) is 3.57. The molecular formula is C16H23NO3. The average molecular weight is 277 g/mol. The molecule has 0 radical (unpaired) electrons. The van der Waals surface area contributed by atoms with Crippen LogP contribution in [0.25, 0.3) is 0 Å². The molecule has 2 atom stereocenters. The van der Waals surface area contributed by atoms with Crippen LogP contribution in [0.2, 0.25) is 0 Å². The van der Waals surface area contributed by atoms with Gasteiger partial charge in [-0.3, -0.25) is 0 Å². The highest BCUT2D eigenvalue weighted by Gasteiger charge is 2.27. The van der Waals surface area contributed by atoms with Gasteiger partial charge < -0.3 is 14.4 Å². The predicted molar refractivity (Wildman–Crippen MR) is 77.7 cm³/mol. The lowest BCUT2D eigenvalue weighted by Gasteiger charge is -2.14. The Morgan fingerprint density at radius 2 is 2.10 bits per heavy atom. The van der Waals surface area contributed by atoms with E-state index in [1.54, 1.807) is 4.90 Å². The Labute approximate surface area is 120 Å². The van der Waals surface area contributed by atoms with Gasteiger partial charge in [0.2, 0.25) is 0 Å². The molecule has 1 fully saturated rings. The summed E-state index contributed by atoms with van der Waals surface area (Å²) in [5.41, 5.74) is 1.09. The van der Waals surface area contributed by atoms with Crippen molar-refractivity contribution in [2.24, 2.45) is 5.92 Å². The minimum absolute atomic E-state index is 0.0133. The van der Waals surface area contributed by atoms with Crippen molar-refractivity contribution in [3.05, 3.63) is 29.8 Å². The van der Waals surface area contributed by atoms with Crippen LogP contribution in [0.1, 0.15) is 32.8 Å². The molecule has 1 aliphatic rings. The van der Waals surface area contributed by atoms with E-state index in [1.165, 1.54) is 0 Å². The summed E-state index contributed by atoms with van der Waals surface area (Å²) in [5, 5.41) is 0. The third-order valence-electron chi connectivity index (χ3n) is 3.57. The molecule has 0 saturated carbocycles. The molecule has 1 aromatic rings. The maximum atomic E-state index is 11.5. The molecule has 0 aromatic heterocycles. The van der Waals surface area contributed by atoms with E-state index < -0.39 is 0 Å². The smallest absolute Gasteiger partial charge is 0.410 e. The summed E-state index contributed by atoms with van der Waals surface area (Å²) >= 11 is 0. The molecule has 1 amide bonds. The molecule has 4 nitrogen and oxygen atoms in total. The van der Waals surface area contributed by atoms with Crippen molar-refractivity contribution in [3.63, 3.8) is 0 Å². The Kier molecular flexibility index (Phi) is 4.88. The lowest BCUT2D eigenvalue weighted by Crippen LogP contribution is -2.24.